The van der Waals surface area contributed by atoms with Gasteiger partial charge in [-0.3, -0.25) is 0 Å². The predicted molar refractivity (Wildman–Crippen MR) is 231 cm³/mol. The van der Waals surface area contributed by atoms with Gasteiger partial charge in [0.2, 0.25) is 0 Å². The fourth-order valence-corrected chi connectivity index (χ4v) is 7.92. The number of nitrogens with zero attached hydrogens (tertiary/aromatic N) is 3. The maximum Gasteiger partial charge on any atom is 0.164 e. The highest BCUT2D eigenvalue weighted by Gasteiger charge is 2.38. The summed E-state index contributed by atoms with van der Waals surface area (Å²) < 4.78 is 22.2. The van der Waals surface area contributed by atoms with Gasteiger partial charge in [0, 0.05) is 27.8 Å². The summed E-state index contributed by atoms with van der Waals surface area (Å²) in [6, 6.07) is 66.5. The van der Waals surface area contributed by atoms with Crippen molar-refractivity contribution in [3.05, 3.63) is 217 Å². The third-order valence-corrected chi connectivity index (χ3v) is 11.0. The van der Waals surface area contributed by atoms with Crippen LogP contribution in [0.5, 0.6) is 5.75 Å². The lowest BCUT2D eigenvalue weighted by molar-refractivity contribution is 0.129. The number of halogens is 1. The first-order valence-electron chi connectivity index (χ1n) is 19.4. The average Bonchev–Trinajstić information content (AvgIpc) is 3.29. The van der Waals surface area contributed by atoms with Crippen molar-refractivity contribution in [3.8, 4) is 84.4 Å². The molecule has 1 unspecified atom stereocenters. The maximum absolute atomic E-state index is 15.3. The standard InChI is InChI=1S/C53H36FN3O/c1-53(44-17-9-4-10-18-44)48-20-12-11-19-46(48)47-30-29-41(34-49(47)58-53)35-21-23-36(24-22-35)42-31-43(33-45(54)32-42)37-25-27-40(28-26-37)52-56-50(38-13-5-2-6-14-38)55-51(57-52)39-15-7-3-8-16-39/h2-34H,1H3. The molecule has 1 aromatic heterocycles. The molecule has 1 atom stereocenters. The summed E-state index contributed by atoms with van der Waals surface area (Å²) in [5.41, 5.74) is 12.0. The molecule has 2 heterocycles. The summed E-state index contributed by atoms with van der Waals surface area (Å²) in [5, 5.41) is 0. The molecule has 5 heteroatoms. The Kier molecular flexibility index (Phi) is 8.76. The summed E-state index contributed by atoms with van der Waals surface area (Å²) in [6.07, 6.45) is 0. The Morgan fingerprint density at radius 2 is 0.810 bits per heavy atom. The molecule has 58 heavy (non-hydrogen) atoms. The maximum atomic E-state index is 15.3. The molecule has 0 bridgehead atoms. The second-order valence-corrected chi connectivity index (χ2v) is 14.7. The Bertz CT molecular complexity index is 2860. The third kappa shape index (κ3) is 6.53. The van der Waals surface area contributed by atoms with E-state index < -0.39 is 5.60 Å². The summed E-state index contributed by atoms with van der Waals surface area (Å²) >= 11 is 0. The van der Waals surface area contributed by atoms with Crippen molar-refractivity contribution in [2.45, 2.75) is 12.5 Å². The lowest BCUT2D eigenvalue weighted by Crippen LogP contribution is -2.34. The zero-order valence-electron chi connectivity index (χ0n) is 31.7. The Hall–Kier alpha value is -7.50. The van der Waals surface area contributed by atoms with Gasteiger partial charge in [0.25, 0.3) is 0 Å². The number of hydrogen-bond donors (Lipinski definition) is 0. The van der Waals surface area contributed by atoms with Crippen molar-refractivity contribution in [1.29, 1.82) is 0 Å². The zero-order valence-corrected chi connectivity index (χ0v) is 31.7. The molecule has 0 aliphatic carbocycles. The van der Waals surface area contributed by atoms with Crippen LogP contribution in [0.15, 0.2) is 200 Å². The van der Waals surface area contributed by atoms with Gasteiger partial charge >= 0.3 is 0 Å². The Morgan fingerprint density at radius 1 is 0.379 bits per heavy atom. The van der Waals surface area contributed by atoms with Gasteiger partial charge in [-0.2, -0.15) is 0 Å². The molecule has 0 fully saturated rings. The quantitative estimate of drug-likeness (QED) is 0.163. The zero-order chi connectivity index (χ0) is 39.1. The molecule has 0 amide bonds. The van der Waals surface area contributed by atoms with Crippen molar-refractivity contribution >= 4 is 0 Å². The van der Waals surface area contributed by atoms with Crippen molar-refractivity contribution < 1.29 is 9.13 Å². The largest absolute Gasteiger partial charge is 0.477 e. The molecule has 0 saturated carbocycles. The van der Waals surface area contributed by atoms with E-state index in [9.17, 15) is 0 Å². The van der Waals surface area contributed by atoms with E-state index >= 15 is 4.39 Å². The van der Waals surface area contributed by atoms with E-state index in [4.69, 9.17) is 19.7 Å². The minimum absolute atomic E-state index is 0.299. The first kappa shape index (κ1) is 35.0. The highest BCUT2D eigenvalue weighted by Crippen LogP contribution is 2.49. The molecule has 0 N–H and O–H groups in total. The van der Waals surface area contributed by atoms with Gasteiger partial charge in [-0.05, 0) is 75.7 Å². The SMILES string of the molecule is CC1(c2ccccc2)Oc2cc(-c3ccc(-c4cc(F)cc(-c5ccc(-c6nc(-c7ccccc7)nc(-c7ccccc7)n6)cc5)c4)cc3)ccc2-c2ccccc21. The van der Waals surface area contributed by atoms with Crippen LogP contribution in [0.25, 0.3) is 78.7 Å². The van der Waals surface area contributed by atoms with E-state index in [-0.39, 0.29) is 5.82 Å². The number of fused-ring (bicyclic) bond motifs is 3. The van der Waals surface area contributed by atoms with Crippen molar-refractivity contribution in [2.75, 3.05) is 0 Å². The molecule has 1 aliphatic rings. The minimum Gasteiger partial charge on any atom is -0.477 e. The van der Waals surface area contributed by atoms with E-state index in [2.05, 4.69) is 97.9 Å². The highest BCUT2D eigenvalue weighted by molar-refractivity contribution is 5.82. The van der Waals surface area contributed by atoms with E-state index in [1.54, 1.807) is 12.1 Å². The van der Waals surface area contributed by atoms with Gasteiger partial charge in [0.15, 0.2) is 23.1 Å². The van der Waals surface area contributed by atoms with Crippen LogP contribution in [-0.2, 0) is 5.60 Å². The molecule has 276 valence electrons. The minimum atomic E-state index is -0.632. The number of hydrogen-bond acceptors (Lipinski definition) is 4. The Morgan fingerprint density at radius 3 is 1.36 bits per heavy atom. The summed E-state index contributed by atoms with van der Waals surface area (Å²) in [6.45, 7) is 2.14. The van der Waals surface area contributed by atoms with Crippen LogP contribution >= 0.6 is 0 Å². The van der Waals surface area contributed by atoms with Gasteiger partial charge in [0.05, 0.1) is 0 Å². The molecule has 0 radical (unpaired) electrons. The topological polar surface area (TPSA) is 47.9 Å². The van der Waals surface area contributed by atoms with Crippen LogP contribution in [0.2, 0.25) is 0 Å². The molecule has 1 aliphatic heterocycles. The van der Waals surface area contributed by atoms with E-state index in [0.717, 1.165) is 72.5 Å². The lowest BCUT2D eigenvalue weighted by atomic mass is 9.80. The van der Waals surface area contributed by atoms with E-state index in [1.165, 1.54) is 5.56 Å². The lowest BCUT2D eigenvalue weighted by Gasteiger charge is -2.38. The molecular weight excluding hydrogens is 714 g/mol. The first-order chi connectivity index (χ1) is 28.5. The number of rotatable bonds is 7. The second-order valence-electron chi connectivity index (χ2n) is 14.7. The molecule has 0 spiro atoms. The predicted octanol–water partition coefficient (Wildman–Crippen LogP) is 13.3. The van der Waals surface area contributed by atoms with Gasteiger partial charge in [0.1, 0.15) is 11.6 Å². The van der Waals surface area contributed by atoms with Crippen LogP contribution in [-0.4, -0.2) is 15.0 Å². The van der Waals surface area contributed by atoms with Gasteiger partial charge < -0.3 is 4.74 Å². The van der Waals surface area contributed by atoms with Crippen LogP contribution in [0.1, 0.15) is 18.1 Å². The molecule has 10 rings (SSSR count). The Balaban J connectivity index is 0.934. The monoisotopic (exact) mass is 749 g/mol. The molecular formula is C53H36FN3O. The normalized spacial score (nSPS) is 14.2. The molecule has 8 aromatic carbocycles. The smallest absolute Gasteiger partial charge is 0.164 e. The molecule has 0 saturated heterocycles. The number of benzene rings is 8. The van der Waals surface area contributed by atoms with Crippen LogP contribution in [0, 0.1) is 5.82 Å². The molecule has 9 aromatic rings. The third-order valence-electron chi connectivity index (χ3n) is 11.0. The Labute approximate surface area is 337 Å². The summed E-state index contributed by atoms with van der Waals surface area (Å²) in [5.74, 6) is 2.32. The van der Waals surface area contributed by atoms with Gasteiger partial charge in [-0.1, -0.05) is 176 Å². The van der Waals surface area contributed by atoms with Gasteiger partial charge in [-0.25, -0.2) is 19.3 Å². The molecule has 4 nitrogen and oxygen atoms in total. The van der Waals surface area contributed by atoms with Crippen LogP contribution in [0.3, 0.4) is 0 Å². The van der Waals surface area contributed by atoms with Crippen molar-refractivity contribution in [1.82, 2.24) is 15.0 Å². The highest BCUT2D eigenvalue weighted by atomic mass is 19.1. The van der Waals surface area contributed by atoms with Crippen LogP contribution in [0.4, 0.5) is 4.39 Å². The fourth-order valence-electron chi connectivity index (χ4n) is 7.92. The average molecular weight is 750 g/mol. The summed E-state index contributed by atoms with van der Waals surface area (Å²) in [7, 11) is 0. The van der Waals surface area contributed by atoms with Crippen molar-refractivity contribution in [2.24, 2.45) is 0 Å². The van der Waals surface area contributed by atoms with Gasteiger partial charge in [-0.15, -0.1) is 0 Å². The fraction of sp³-hybridized carbons (Fsp3) is 0.0377. The number of aromatic nitrogens is 3. The first-order valence-corrected chi connectivity index (χ1v) is 19.4. The number of ether oxygens (including phenoxy) is 1. The summed E-state index contributed by atoms with van der Waals surface area (Å²) in [4.78, 5) is 14.5. The van der Waals surface area contributed by atoms with E-state index in [0.29, 0.717) is 17.5 Å². The van der Waals surface area contributed by atoms with E-state index in [1.807, 2.05) is 97.1 Å². The van der Waals surface area contributed by atoms with Crippen molar-refractivity contribution in [3.63, 3.8) is 0 Å². The second kappa shape index (κ2) is 14.5. The van der Waals surface area contributed by atoms with Crippen LogP contribution < -0.4 is 4.74 Å².